The van der Waals surface area contributed by atoms with Crippen LogP contribution in [0.4, 0.5) is 0 Å². The molecule has 0 atom stereocenters. The molecule has 0 spiro atoms. The number of hydrogen-bond acceptors (Lipinski definition) is 6. The molecule has 2 heterocycles. The van der Waals surface area contributed by atoms with Crippen LogP contribution in [-0.4, -0.2) is 67.2 Å². The number of aryl methyl sites for hydroxylation is 1. The van der Waals surface area contributed by atoms with Gasteiger partial charge in [0.2, 0.25) is 5.16 Å². The first-order valence-corrected chi connectivity index (χ1v) is 11.2. The first-order valence-electron chi connectivity index (χ1n) is 9.48. The molecule has 0 aliphatic carbocycles. The quantitative estimate of drug-likeness (QED) is 0.494. The summed E-state index contributed by atoms with van der Waals surface area (Å²) < 4.78 is 1.82. The highest BCUT2D eigenvalue weighted by atomic mass is 35.5. The summed E-state index contributed by atoms with van der Waals surface area (Å²) in [6.07, 6.45) is 5.40. The van der Waals surface area contributed by atoms with Gasteiger partial charge in [-0.05, 0) is 51.1 Å². The molecule has 2 aromatic rings. The second-order valence-electron chi connectivity index (χ2n) is 6.67. The third kappa shape index (κ3) is 7.79. The summed E-state index contributed by atoms with van der Waals surface area (Å²) in [6, 6.07) is 5.51. The van der Waals surface area contributed by atoms with Crippen molar-refractivity contribution >= 4 is 46.9 Å². The molecule has 1 aliphatic rings. The normalized spacial score (nSPS) is 14.5. The van der Waals surface area contributed by atoms with E-state index in [4.69, 9.17) is 43.0 Å². The molecule has 11 heteroatoms. The fraction of sp³-hybridized carbons (Fsp3) is 0.474. The lowest BCUT2D eigenvalue weighted by atomic mass is 10.2. The van der Waals surface area contributed by atoms with Crippen LogP contribution in [0.15, 0.2) is 23.4 Å². The Kier molecular flexibility index (Phi) is 9.90. The summed E-state index contributed by atoms with van der Waals surface area (Å²) in [5, 5.41) is 21.3. The number of carboxylic acid groups (broad SMARTS) is 2. The number of carboxylic acids is 2. The van der Waals surface area contributed by atoms with Crippen molar-refractivity contribution in [1.29, 1.82) is 0 Å². The van der Waals surface area contributed by atoms with Gasteiger partial charge in [0.15, 0.2) is 0 Å². The fourth-order valence-electron chi connectivity index (χ4n) is 2.91. The molecule has 0 unspecified atom stereocenters. The molecule has 8 nitrogen and oxygen atoms in total. The first-order chi connectivity index (χ1) is 14.3. The molecule has 0 bridgehead atoms. The average molecular weight is 475 g/mol. The topological polar surface area (TPSA) is 109 Å². The van der Waals surface area contributed by atoms with E-state index in [1.54, 1.807) is 17.8 Å². The zero-order valence-corrected chi connectivity index (χ0v) is 18.9. The molecule has 3 rings (SSSR count). The Morgan fingerprint density at radius 2 is 1.70 bits per heavy atom. The van der Waals surface area contributed by atoms with E-state index in [1.165, 1.54) is 38.8 Å². The lowest BCUT2D eigenvalue weighted by Gasteiger charge is -2.18. The molecule has 1 saturated heterocycles. The Morgan fingerprint density at radius 1 is 1.07 bits per heavy atom. The summed E-state index contributed by atoms with van der Waals surface area (Å²) in [5.41, 5.74) is 0.883. The minimum absolute atomic E-state index is 0.527. The van der Waals surface area contributed by atoms with Crippen LogP contribution in [0.3, 0.4) is 0 Å². The zero-order chi connectivity index (χ0) is 22.1. The maximum absolute atomic E-state index is 9.10. The molecule has 1 aromatic heterocycles. The van der Waals surface area contributed by atoms with Gasteiger partial charge in [-0.15, -0.1) is 5.10 Å². The van der Waals surface area contributed by atoms with Gasteiger partial charge in [0.25, 0.3) is 0 Å². The zero-order valence-electron chi connectivity index (χ0n) is 16.6. The maximum atomic E-state index is 9.10. The van der Waals surface area contributed by atoms with Crippen LogP contribution in [0.1, 0.15) is 31.5 Å². The van der Waals surface area contributed by atoms with Crippen molar-refractivity contribution in [2.24, 2.45) is 0 Å². The van der Waals surface area contributed by atoms with Crippen LogP contribution >= 0.6 is 35.0 Å². The third-order valence-electron chi connectivity index (χ3n) is 4.42. The van der Waals surface area contributed by atoms with Crippen LogP contribution in [0.25, 0.3) is 5.69 Å². The molecule has 164 valence electrons. The van der Waals surface area contributed by atoms with Crippen molar-refractivity contribution in [2.45, 2.75) is 37.8 Å². The minimum atomic E-state index is -1.82. The summed E-state index contributed by atoms with van der Waals surface area (Å²) in [5.74, 6) is -1.78. The molecule has 0 amide bonds. The Labute approximate surface area is 189 Å². The van der Waals surface area contributed by atoms with E-state index in [0.29, 0.717) is 10.0 Å². The Hall–Kier alpha value is -1.81. The largest absolute Gasteiger partial charge is 0.473 e. The molecule has 1 aliphatic heterocycles. The number of nitrogens with zero attached hydrogens (tertiary/aromatic N) is 4. The second-order valence-corrected chi connectivity index (χ2v) is 8.54. The van der Waals surface area contributed by atoms with E-state index in [1.807, 2.05) is 23.7 Å². The SMILES string of the molecule is Cc1nc(SCCN2CCCCCC2)nn1-c1ccc(Cl)c(Cl)c1.O=C(O)C(=O)O. The molecule has 30 heavy (non-hydrogen) atoms. The van der Waals surface area contributed by atoms with E-state index in [9.17, 15) is 0 Å². The van der Waals surface area contributed by atoms with Crippen LogP contribution in [-0.2, 0) is 9.59 Å². The van der Waals surface area contributed by atoms with Gasteiger partial charge in [-0.25, -0.2) is 19.3 Å². The first kappa shape index (κ1) is 24.5. The number of likely N-dealkylation sites (tertiary alicyclic amines) is 1. The highest BCUT2D eigenvalue weighted by Crippen LogP contribution is 2.25. The van der Waals surface area contributed by atoms with Gasteiger partial charge in [0.05, 0.1) is 15.7 Å². The number of benzene rings is 1. The molecular formula is C19H24Cl2N4O4S. The summed E-state index contributed by atoms with van der Waals surface area (Å²) in [6.45, 7) is 5.51. The molecule has 1 aromatic carbocycles. The summed E-state index contributed by atoms with van der Waals surface area (Å²) in [4.78, 5) is 25.3. The van der Waals surface area contributed by atoms with Gasteiger partial charge < -0.3 is 15.1 Å². The highest BCUT2D eigenvalue weighted by Gasteiger charge is 2.12. The van der Waals surface area contributed by atoms with Crippen molar-refractivity contribution < 1.29 is 19.8 Å². The van der Waals surface area contributed by atoms with Crippen molar-refractivity contribution in [2.75, 3.05) is 25.4 Å². The Balaban J connectivity index is 0.000000469. The van der Waals surface area contributed by atoms with E-state index < -0.39 is 11.9 Å². The van der Waals surface area contributed by atoms with E-state index in [0.717, 1.165) is 29.0 Å². The van der Waals surface area contributed by atoms with Crippen LogP contribution in [0.2, 0.25) is 10.0 Å². The van der Waals surface area contributed by atoms with Crippen molar-refractivity contribution in [3.05, 3.63) is 34.1 Å². The predicted molar refractivity (Wildman–Crippen MR) is 117 cm³/mol. The monoisotopic (exact) mass is 474 g/mol. The van der Waals surface area contributed by atoms with Crippen LogP contribution < -0.4 is 0 Å². The van der Waals surface area contributed by atoms with E-state index >= 15 is 0 Å². The number of carbonyl (C=O) groups is 2. The molecule has 2 N–H and O–H groups in total. The van der Waals surface area contributed by atoms with Gasteiger partial charge in [0.1, 0.15) is 5.82 Å². The fourth-order valence-corrected chi connectivity index (χ4v) is 4.07. The van der Waals surface area contributed by atoms with Gasteiger partial charge in [-0.3, -0.25) is 0 Å². The van der Waals surface area contributed by atoms with Crippen molar-refractivity contribution in [1.82, 2.24) is 19.7 Å². The van der Waals surface area contributed by atoms with Gasteiger partial charge >= 0.3 is 11.9 Å². The average Bonchev–Trinajstić information content (AvgIpc) is 2.89. The number of hydrogen-bond donors (Lipinski definition) is 2. The summed E-state index contributed by atoms with van der Waals surface area (Å²) >= 11 is 13.8. The standard InChI is InChI=1S/C17H22Cl2N4S.C2H2O4/c1-13-20-17(24-11-10-22-8-4-2-3-5-9-22)21-23(13)14-6-7-15(18)16(19)12-14;3-1(4)2(5)6/h6-7,12H,2-5,8-11H2,1H3;(H,3,4)(H,5,6). The van der Waals surface area contributed by atoms with E-state index in [2.05, 4.69) is 15.0 Å². The Bertz CT molecular complexity index is 858. The summed E-state index contributed by atoms with van der Waals surface area (Å²) in [7, 11) is 0. The van der Waals surface area contributed by atoms with Crippen molar-refractivity contribution in [3.63, 3.8) is 0 Å². The van der Waals surface area contributed by atoms with Crippen LogP contribution in [0, 0.1) is 6.92 Å². The number of rotatable bonds is 5. The van der Waals surface area contributed by atoms with Crippen LogP contribution in [0.5, 0.6) is 0 Å². The van der Waals surface area contributed by atoms with Crippen molar-refractivity contribution in [3.8, 4) is 5.69 Å². The molecule has 1 fully saturated rings. The maximum Gasteiger partial charge on any atom is 0.414 e. The second kappa shape index (κ2) is 12.1. The van der Waals surface area contributed by atoms with Gasteiger partial charge in [-0.1, -0.05) is 47.8 Å². The molecular weight excluding hydrogens is 451 g/mol. The third-order valence-corrected chi connectivity index (χ3v) is 5.97. The van der Waals surface area contributed by atoms with Gasteiger partial charge in [-0.2, -0.15) is 0 Å². The lowest BCUT2D eigenvalue weighted by Crippen LogP contribution is -2.27. The minimum Gasteiger partial charge on any atom is -0.473 e. The smallest absolute Gasteiger partial charge is 0.414 e. The van der Waals surface area contributed by atoms with E-state index in [-0.39, 0.29) is 0 Å². The highest BCUT2D eigenvalue weighted by molar-refractivity contribution is 7.99. The molecule has 0 saturated carbocycles. The predicted octanol–water partition coefficient (Wildman–Crippen LogP) is 4.01. The lowest BCUT2D eigenvalue weighted by molar-refractivity contribution is -0.159. The Morgan fingerprint density at radius 3 is 2.27 bits per heavy atom. The number of thioether (sulfide) groups is 1. The molecule has 0 radical (unpaired) electrons. The number of halogens is 2. The van der Waals surface area contributed by atoms with Gasteiger partial charge in [0, 0.05) is 12.3 Å². The number of aromatic nitrogens is 3. The number of aliphatic carboxylic acids is 2.